The number of aromatic nitrogens is 2. The van der Waals surface area contributed by atoms with E-state index in [4.69, 9.17) is 0 Å². The number of rotatable bonds is 4. The Morgan fingerprint density at radius 1 is 1.07 bits per heavy atom. The van der Waals surface area contributed by atoms with E-state index in [1.54, 1.807) is 0 Å². The number of carbonyl (C=O) groups is 1. The van der Waals surface area contributed by atoms with Gasteiger partial charge in [-0.3, -0.25) is 0 Å². The predicted molar refractivity (Wildman–Crippen MR) is 114 cm³/mol. The number of amides is 2. The molecule has 6 heteroatoms. The summed E-state index contributed by atoms with van der Waals surface area (Å²) in [5.74, 6) is 1.60. The molecule has 1 aliphatic heterocycles. The first-order chi connectivity index (χ1) is 13.3. The number of hydrogen-bond acceptors (Lipinski definition) is 4. The molecule has 1 aliphatic rings. The Morgan fingerprint density at radius 2 is 1.75 bits per heavy atom. The van der Waals surface area contributed by atoms with Crippen molar-refractivity contribution in [3.05, 3.63) is 47.4 Å². The monoisotopic (exact) mass is 381 g/mol. The summed E-state index contributed by atoms with van der Waals surface area (Å²) < 4.78 is 0. The lowest BCUT2D eigenvalue weighted by Gasteiger charge is -2.28. The molecular formula is C22H31N5O. The summed E-state index contributed by atoms with van der Waals surface area (Å²) in [7, 11) is 0. The molecule has 0 unspecified atom stereocenters. The van der Waals surface area contributed by atoms with E-state index in [-0.39, 0.29) is 11.4 Å². The van der Waals surface area contributed by atoms with Crippen molar-refractivity contribution in [2.45, 2.75) is 58.9 Å². The fourth-order valence-corrected chi connectivity index (χ4v) is 3.36. The van der Waals surface area contributed by atoms with E-state index in [1.807, 2.05) is 37.3 Å². The highest BCUT2D eigenvalue weighted by molar-refractivity contribution is 5.89. The quantitative estimate of drug-likeness (QED) is 0.824. The lowest BCUT2D eigenvalue weighted by atomic mass is 9.87. The summed E-state index contributed by atoms with van der Waals surface area (Å²) in [5, 5.41) is 5.72. The Balaban J connectivity index is 1.57. The first-order valence-corrected chi connectivity index (χ1v) is 10.1. The molecule has 28 heavy (non-hydrogen) atoms. The molecule has 2 aromatic rings. The van der Waals surface area contributed by atoms with E-state index in [0.29, 0.717) is 12.4 Å². The SMILES string of the molecule is Cc1cc(N2CCCCC2)nc(CNC(=O)Nc2ccc(C(C)(C)C)cc2)n1. The van der Waals surface area contributed by atoms with Gasteiger partial charge in [-0.25, -0.2) is 14.8 Å². The second-order valence-corrected chi connectivity index (χ2v) is 8.47. The molecule has 1 aromatic carbocycles. The Labute approximate surface area is 167 Å². The maximum atomic E-state index is 12.3. The molecule has 150 valence electrons. The van der Waals surface area contributed by atoms with Gasteiger partial charge in [-0.2, -0.15) is 0 Å². The standard InChI is InChI=1S/C22H31N5O/c1-16-14-20(27-12-6-5-7-13-27)26-19(24-16)15-23-21(28)25-18-10-8-17(9-11-18)22(2,3)4/h8-11,14H,5-7,12-13,15H2,1-4H3,(H2,23,25,28). The van der Waals surface area contributed by atoms with E-state index in [1.165, 1.54) is 24.8 Å². The maximum Gasteiger partial charge on any atom is 0.319 e. The van der Waals surface area contributed by atoms with Crippen LogP contribution < -0.4 is 15.5 Å². The smallest absolute Gasteiger partial charge is 0.319 e. The van der Waals surface area contributed by atoms with Gasteiger partial charge < -0.3 is 15.5 Å². The van der Waals surface area contributed by atoms with E-state index in [0.717, 1.165) is 30.3 Å². The Morgan fingerprint density at radius 3 is 2.39 bits per heavy atom. The van der Waals surface area contributed by atoms with Crippen LogP contribution in [0, 0.1) is 6.92 Å². The van der Waals surface area contributed by atoms with E-state index >= 15 is 0 Å². The van der Waals surface area contributed by atoms with Crippen LogP contribution in [0.4, 0.5) is 16.3 Å². The van der Waals surface area contributed by atoms with E-state index < -0.39 is 0 Å². The van der Waals surface area contributed by atoms with Gasteiger partial charge in [0.25, 0.3) is 0 Å². The Hall–Kier alpha value is -2.63. The zero-order chi connectivity index (χ0) is 20.1. The molecule has 0 radical (unpaired) electrons. The summed E-state index contributed by atoms with van der Waals surface area (Å²) in [4.78, 5) is 23.7. The van der Waals surface area contributed by atoms with Crippen molar-refractivity contribution in [3.63, 3.8) is 0 Å². The molecule has 1 aromatic heterocycles. The van der Waals surface area contributed by atoms with Crippen LogP contribution in [-0.4, -0.2) is 29.1 Å². The molecule has 0 spiro atoms. The van der Waals surface area contributed by atoms with Crippen molar-refractivity contribution in [2.24, 2.45) is 0 Å². The number of benzene rings is 1. The van der Waals surface area contributed by atoms with Gasteiger partial charge in [-0.15, -0.1) is 0 Å². The predicted octanol–water partition coefficient (Wildman–Crippen LogP) is 4.39. The molecule has 6 nitrogen and oxygen atoms in total. The third-order valence-electron chi connectivity index (χ3n) is 4.98. The highest BCUT2D eigenvalue weighted by atomic mass is 16.2. The van der Waals surface area contributed by atoms with Crippen molar-refractivity contribution in [1.29, 1.82) is 0 Å². The van der Waals surface area contributed by atoms with Gasteiger partial charge in [0.15, 0.2) is 0 Å². The van der Waals surface area contributed by atoms with Crippen LogP contribution in [0.25, 0.3) is 0 Å². The molecule has 2 heterocycles. The topological polar surface area (TPSA) is 70.2 Å². The molecule has 1 saturated heterocycles. The van der Waals surface area contributed by atoms with Gasteiger partial charge >= 0.3 is 6.03 Å². The second kappa shape index (κ2) is 8.59. The maximum absolute atomic E-state index is 12.3. The van der Waals surface area contributed by atoms with Gasteiger partial charge in [-0.1, -0.05) is 32.9 Å². The zero-order valence-corrected chi connectivity index (χ0v) is 17.4. The fourth-order valence-electron chi connectivity index (χ4n) is 3.36. The minimum atomic E-state index is -0.256. The Kier molecular flexibility index (Phi) is 6.17. The number of anilines is 2. The average Bonchev–Trinajstić information content (AvgIpc) is 2.66. The molecular weight excluding hydrogens is 350 g/mol. The van der Waals surface area contributed by atoms with Crippen LogP contribution in [0.15, 0.2) is 30.3 Å². The van der Waals surface area contributed by atoms with Gasteiger partial charge in [0.2, 0.25) is 0 Å². The molecule has 0 bridgehead atoms. The van der Waals surface area contributed by atoms with Crippen molar-refractivity contribution in [2.75, 3.05) is 23.3 Å². The molecule has 1 fully saturated rings. The molecule has 3 rings (SSSR count). The van der Waals surface area contributed by atoms with Crippen LogP contribution >= 0.6 is 0 Å². The lowest BCUT2D eigenvalue weighted by molar-refractivity contribution is 0.251. The molecule has 0 aliphatic carbocycles. The summed E-state index contributed by atoms with van der Waals surface area (Å²) in [6.07, 6.45) is 3.69. The molecule has 0 atom stereocenters. The third-order valence-corrected chi connectivity index (χ3v) is 4.98. The first kappa shape index (κ1) is 20.1. The van der Waals surface area contributed by atoms with Crippen molar-refractivity contribution >= 4 is 17.5 Å². The number of nitrogens with zero attached hydrogens (tertiary/aromatic N) is 3. The number of urea groups is 1. The number of carbonyl (C=O) groups excluding carboxylic acids is 1. The van der Waals surface area contributed by atoms with Crippen molar-refractivity contribution in [3.8, 4) is 0 Å². The third kappa shape index (κ3) is 5.44. The van der Waals surface area contributed by atoms with E-state index in [9.17, 15) is 4.79 Å². The minimum absolute atomic E-state index is 0.0926. The zero-order valence-electron chi connectivity index (χ0n) is 17.4. The van der Waals surface area contributed by atoms with Crippen molar-refractivity contribution in [1.82, 2.24) is 15.3 Å². The molecule has 2 amide bonds. The highest BCUT2D eigenvalue weighted by Crippen LogP contribution is 2.23. The average molecular weight is 382 g/mol. The minimum Gasteiger partial charge on any atom is -0.357 e. The van der Waals surface area contributed by atoms with Gasteiger partial charge in [0.1, 0.15) is 11.6 Å². The van der Waals surface area contributed by atoms with Gasteiger partial charge in [0, 0.05) is 30.5 Å². The number of nitrogens with one attached hydrogen (secondary N) is 2. The summed E-state index contributed by atoms with van der Waals surface area (Å²) in [6.45, 7) is 10.8. The van der Waals surface area contributed by atoms with E-state index in [2.05, 4.69) is 46.3 Å². The number of hydrogen-bond donors (Lipinski definition) is 2. The molecule has 2 N–H and O–H groups in total. The van der Waals surface area contributed by atoms with Crippen LogP contribution in [0.3, 0.4) is 0 Å². The van der Waals surface area contributed by atoms with Crippen molar-refractivity contribution < 1.29 is 4.79 Å². The summed E-state index contributed by atoms with van der Waals surface area (Å²) in [5.41, 5.74) is 3.02. The first-order valence-electron chi connectivity index (χ1n) is 10.1. The number of piperidine rings is 1. The lowest BCUT2D eigenvalue weighted by Crippen LogP contribution is -2.32. The fraction of sp³-hybridized carbons (Fsp3) is 0.500. The summed E-state index contributed by atoms with van der Waals surface area (Å²) >= 11 is 0. The number of aryl methyl sites for hydroxylation is 1. The Bertz CT molecular complexity index is 805. The highest BCUT2D eigenvalue weighted by Gasteiger charge is 2.15. The molecule has 0 saturated carbocycles. The van der Waals surface area contributed by atoms with Gasteiger partial charge in [0.05, 0.1) is 6.54 Å². The van der Waals surface area contributed by atoms with Crippen LogP contribution in [0.2, 0.25) is 0 Å². The van der Waals surface area contributed by atoms with Crippen LogP contribution in [-0.2, 0) is 12.0 Å². The van der Waals surface area contributed by atoms with Crippen LogP contribution in [0.5, 0.6) is 0 Å². The largest absolute Gasteiger partial charge is 0.357 e. The van der Waals surface area contributed by atoms with Gasteiger partial charge in [-0.05, 0) is 49.3 Å². The second-order valence-electron chi connectivity index (χ2n) is 8.47. The van der Waals surface area contributed by atoms with Crippen LogP contribution in [0.1, 0.15) is 57.1 Å². The summed E-state index contributed by atoms with van der Waals surface area (Å²) in [6, 6.07) is 9.71. The normalized spacial score (nSPS) is 14.6.